The summed E-state index contributed by atoms with van der Waals surface area (Å²) in [6, 6.07) is 14.4. The van der Waals surface area contributed by atoms with Crippen molar-refractivity contribution < 1.29 is 0 Å². The van der Waals surface area contributed by atoms with Crippen LogP contribution in [-0.4, -0.2) is 24.7 Å². The van der Waals surface area contributed by atoms with E-state index in [0.717, 1.165) is 53.3 Å². The van der Waals surface area contributed by atoms with E-state index in [2.05, 4.69) is 51.8 Å². The summed E-state index contributed by atoms with van der Waals surface area (Å²) in [5.41, 5.74) is 7.91. The topological polar surface area (TPSA) is 59.4 Å². The normalized spacial score (nSPS) is 11.0. The van der Waals surface area contributed by atoms with Gasteiger partial charge < -0.3 is 4.57 Å². The third-order valence-corrected chi connectivity index (χ3v) is 4.93. The fourth-order valence-electron chi connectivity index (χ4n) is 3.53. The largest absolute Gasteiger partial charge is 0.330 e. The number of rotatable bonds is 6. The highest BCUT2D eigenvalue weighted by atomic mass is 15.1. The minimum atomic E-state index is 0.897. The van der Waals surface area contributed by atoms with Crippen LogP contribution < -0.4 is 0 Å². The first kappa shape index (κ1) is 17.2. The van der Waals surface area contributed by atoms with Gasteiger partial charge in [0.2, 0.25) is 0 Å². The first-order valence-corrected chi connectivity index (χ1v) is 9.25. The summed E-state index contributed by atoms with van der Waals surface area (Å²) in [5.74, 6) is 0. The van der Waals surface area contributed by atoms with E-state index >= 15 is 0 Å². The van der Waals surface area contributed by atoms with E-state index in [-0.39, 0.29) is 0 Å². The minimum Gasteiger partial charge on any atom is -0.330 e. The van der Waals surface area contributed by atoms with E-state index in [1.165, 1.54) is 5.56 Å². The fraction of sp³-hybridized carbons (Fsp3) is 0.227. The van der Waals surface area contributed by atoms with Gasteiger partial charge in [0.05, 0.1) is 23.4 Å². The highest BCUT2D eigenvalue weighted by Gasteiger charge is 2.15. The number of hydrogen-bond acceptors (Lipinski definition) is 3. The van der Waals surface area contributed by atoms with Crippen molar-refractivity contribution in [2.75, 3.05) is 0 Å². The van der Waals surface area contributed by atoms with Gasteiger partial charge >= 0.3 is 0 Å². The van der Waals surface area contributed by atoms with Crippen molar-refractivity contribution >= 4 is 0 Å². The number of nitrogens with one attached hydrogen (secondary N) is 1. The molecule has 0 fully saturated rings. The molecule has 1 aromatic carbocycles. The predicted molar refractivity (Wildman–Crippen MR) is 107 cm³/mol. The van der Waals surface area contributed by atoms with Crippen molar-refractivity contribution in [3.8, 4) is 22.5 Å². The minimum absolute atomic E-state index is 0.897. The van der Waals surface area contributed by atoms with Crippen LogP contribution in [0.2, 0.25) is 0 Å². The quantitative estimate of drug-likeness (QED) is 0.549. The predicted octanol–water partition coefficient (Wildman–Crippen LogP) is 4.58. The monoisotopic (exact) mass is 357 g/mol. The van der Waals surface area contributed by atoms with E-state index in [4.69, 9.17) is 4.98 Å². The van der Waals surface area contributed by atoms with E-state index in [9.17, 15) is 0 Å². The summed E-state index contributed by atoms with van der Waals surface area (Å²) in [5, 5.41) is 7.37. The van der Waals surface area contributed by atoms with Crippen LogP contribution in [0.25, 0.3) is 22.5 Å². The standard InChI is InChI=1S/C22H23N5/c1-16-20(17(2)26-25-16)11-7-13-27-15-24-21(18-8-4-3-5-9-18)22(27)19-10-6-12-23-14-19/h3-6,8-10,12,14-15H,7,11,13H2,1-2H3,(H,25,26). The fourth-order valence-corrected chi connectivity index (χ4v) is 3.53. The molecule has 5 heteroatoms. The first-order valence-electron chi connectivity index (χ1n) is 9.25. The number of benzene rings is 1. The second-order valence-corrected chi connectivity index (χ2v) is 6.76. The summed E-state index contributed by atoms with van der Waals surface area (Å²) in [6.45, 7) is 5.04. The molecule has 5 nitrogen and oxygen atoms in total. The van der Waals surface area contributed by atoms with E-state index in [1.807, 2.05) is 36.8 Å². The van der Waals surface area contributed by atoms with Gasteiger partial charge in [0.25, 0.3) is 0 Å². The molecule has 0 spiro atoms. The molecule has 3 heterocycles. The molecule has 0 saturated carbocycles. The molecule has 3 aromatic heterocycles. The lowest BCUT2D eigenvalue weighted by Gasteiger charge is -2.11. The highest BCUT2D eigenvalue weighted by molar-refractivity contribution is 5.78. The Kier molecular flexibility index (Phi) is 4.83. The van der Waals surface area contributed by atoms with Gasteiger partial charge in [0, 0.05) is 35.8 Å². The molecule has 0 amide bonds. The Hall–Kier alpha value is -3.21. The number of aromatic nitrogens is 5. The lowest BCUT2D eigenvalue weighted by molar-refractivity contribution is 0.644. The second kappa shape index (κ2) is 7.58. The lowest BCUT2D eigenvalue weighted by Crippen LogP contribution is -2.02. The molecule has 0 aliphatic rings. The molecule has 0 aliphatic carbocycles. The molecular formula is C22H23N5. The number of imidazole rings is 1. The first-order chi connectivity index (χ1) is 13.2. The Bertz CT molecular complexity index is 996. The summed E-state index contributed by atoms with van der Waals surface area (Å²) >= 11 is 0. The van der Waals surface area contributed by atoms with Gasteiger partial charge in [0.1, 0.15) is 0 Å². The van der Waals surface area contributed by atoms with E-state index in [0.29, 0.717) is 0 Å². The summed E-state index contributed by atoms with van der Waals surface area (Å²) < 4.78 is 2.24. The van der Waals surface area contributed by atoms with Crippen molar-refractivity contribution in [2.24, 2.45) is 0 Å². The Labute approximate surface area is 159 Å². The number of nitrogens with zero attached hydrogens (tertiary/aromatic N) is 4. The molecule has 0 atom stereocenters. The van der Waals surface area contributed by atoms with Gasteiger partial charge in [-0.2, -0.15) is 5.10 Å². The lowest BCUT2D eigenvalue weighted by atomic mass is 10.1. The second-order valence-electron chi connectivity index (χ2n) is 6.76. The summed E-state index contributed by atoms with van der Waals surface area (Å²) in [4.78, 5) is 9.04. The number of H-pyrrole nitrogens is 1. The molecule has 27 heavy (non-hydrogen) atoms. The van der Waals surface area contributed by atoms with Gasteiger partial charge in [-0.25, -0.2) is 4.98 Å². The van der Waals surface area contributed by atoms with Gasteiger partial charge in [0.15, 0.2) is 0 Å². The van der Waals surface area contributed by atoms with Crippen LogP contribution in [0.3, 0.4) is 0 Å². The molecule has 0 bridgehead atoms. The van der Waals surface area contributed by atoms with Crippen LogP contribution in [0.4, 0.5) is 0 Å². The average molecular weight is 357 g/mol. The molecule has 4 rings (SSSR count). The zero-order valence-electron chi connectivity index (χ0n) is 15.7. The van der Waals surface area contributed by atoms with Crippen LogP contribution in [0.5, 0.6) is 0 Å². The van der Waals surface area contributed by atoms with E-state index < -0.39 is 0 Å². The molecular weight excluding hydrogens is 334 g/mol. The summed E-state index contributed by atoms with van der Waals surface area (Å²) in [6.07, 6.45) is 7.68. The number of hydrogen-bond donors (Lipinski definition) is 1. The molecule has 1 N–H and O–H groups in total. The molecule has 0 unspecified atom stereocenters. The van der Waals surface area contributed by atoms with Crippen molar-refractivity contribution in [3.05, 3.63) is 78.1 Å². The van der Waals surface area contributed by atoms with Gasteiger partial charge in [-0.3, -0.25) is 10.1 Å². The Morgan fingerprint density at radius 1 is 1.00 bits per heavy atom. The maximum Gasteiger partial charge on any atom is 0.0963 e. The average Bonchev–Trinajstić information content (AvgIpc) is 3.27. The van der Waals surface area contributed by atoms with Crippen molar-refractivity contribution in [3.63, 3.8) is 0 Å². The van der Waals surface area contributed by atoms with E-state index in [1.54, 1.807) is 6.20 Å². The van der Waals surface area contributed by atoms with Gasteiger partial charge in [-0.1, -0.05) is 30.3 Å². The van der Waals surface area contributed by atoms with Gasteiger partial charge in [-0.05, 0) is 44.4 Å². The number of aromatic amines is 1. The van der Waals surface area contributed by atoms with Crippen LogP contribution in [0, 0.1) is 13.8 Å². The molecule has 0 aliphatic heterocycles. The molecule has 0 saturated heterocycles. The smallest absolute Gasteiger partial charge is 0.0963 e. The van der Waals surface area contributed by atoms with Crippen LogP contribution >= 0.6 is 0 Å². The molecule has 4 aromatic rings. The molecule has 0 radical (unpaired) electrons. The third-order valence-electron chi connectivity index (χ3n) is 4.93. The number of aryl methyl sites for hydroxylation is 3. The molecule has 136 valence electrons. The van der Waals surface area contributed by atoms with Crippen LogP contribution in [0.1, 0.15) is 23.4 Å². The Balaban J connectivity index is 1.64. The summed E-state index contributed by atoms with van der Waals surface area (Å²) in [7, 11) is 0. The van der Waals surface area contributed by atoms with Crippen molar-refractivity contribution in [1.82, 2.24) is 24.7 Å². The Morgan fingerprint density at radius 3 is 2.52 bits per heavy atom. The van der Waals surface area contributed by atoms with Crippen molar-refractivity contribution in [2.45, 2.75) is 33.2 Å². The number of pyridine rings is 1. The van der Waals surface area contributed by atoms with Crippen LogP contribution in [0.15, 0.2) is 61.2 Å². The maximum atomic E-state index is 4.73. The highest BCUT2D eigenvalue weighted by Crippen LogP contribution is 2.31. The Morgan fingerprint density at radius 2 is 1.81 bits per heavy atom. The third kappa shape index (κ3) is 3.53. The van der Waals surface area contributed by atoms with Crippen molar-refractivity contribution in [1.29, 1.82) is 0 Å². The SMILES string of the molecule is Cc1n[nH]c(C)c1CCCn1cnc(-c2ccccc2)c1-c1cccnc1. The van der Waals surface area contributed by atoms with Gasteiger partial charge in [-0.15, -0.1) is 0 Å². The van der Waals surface area contributed by atoms with Crippen LogP contribution in [-0.2, 0) is 13.0 Å². The zero-order valence-corrected chi connectivity index (χ0v) is 15.7. The maximum absolute atomic E-state index is 4.73. The zero-order chi connectivity index (χ0) is 18.6.